The van der Waals surface area contributed by atoms with Crippen LogP contribution < -0.4 is 10.1 Å². The minimum absolute atomic E-state index is 0.355. The zero-order valence-electron chi connectivity index (χ0n) is 6.90. The van der Waals surface area contributed by atoms with Crippen LogP contribution in [0.1, 0.15) is 5.56 Å². The molecular weight excluding hydrogens is 170 g/mol. The molecule has 0 aromatic heterocycles. The van der Waals surface area contributed by atoms with E-state index in [1.54, 1.807) is 24.3 Å². The van der Waals surface area contributed by atoms with Crippen LogP contribution in [-0.4, -0.2) is 12.9 Å². The minimum atomic E-state index is 0.355. The van der Waals surface area contributed by atoms with Crippen molar-refractivity contribution in [1.82, 2.24) is 5.32 Å². The van der Waals surface area contributed by atoms with Gasteiger partial charge in [-0.3, -0.25) is 9.59 Å². The summed E-state index contributed by atoms with van der Waals surface area (Å²) in [5.41, 5.74) is 0.765. The van der Waals surface area contributed by atoms with Crippen LogP contribution in [0.15, 0.2) is 24.3 Å². The lowest BCUT2D eigenvalue weighted by atomic mass is 10.2. The van der Waals surface area contributed by atoms with Crippen molar-refractivity contribution in [3.63, 3.8) is 0 Å². The van der Waals surface area contributed by atoms with Gasteiger partial charge in [0.25, 0.3) is 6.47 Å². The lowest BCUT2D eigenvalue weighted by Crippen LogP contribution is -2.10. The first-order chi connectivity index (χ1) is 6.38. The Labute approximate surface area is 75.5 Å². The lowest BCUT2D eigenvalue weighted by Gasteiger charge is -2.05. The van der Waals surface area contributed by atoms with E-state index < -0.39 is 0 Å². The van der Waals surface area contributed by atoms with Crippen molar-refractivity contribution in [1.29, 1.82) is 0 Å². The summed E-state index contributed by atoms with van der Waals surface area (Å²) in [6, 6.07) is 6.99. The topological polar surface area (TPSA) is 55.4 Å². The van der Waals surface area contributed by atoms with Gasteiger partial charge >= 0.3 is 0 Å². The third-order valence-electron chi connectivity index (χ3n) is 1.52. The molecule has 0 radical (unpaired) electrons. The highest BCUT2D eigenvalue weighted by Gasteiger charge is 2.00. The summed E-state index contributed by atoms with van der Waals surface area (Å²) >= 11 is 0. The fraction of sp³-hybridized carbons (Fsp3) is 0.111. The highest BCUT2D eigenvalue weighted by molar-refractivity contribution is 5.50. The summed E-state index contributed by atoms with van der Waals surface area (Å²) in [4.78, 5) is 20.1. The zero-order valence-corrected chi connectivity index (χ0v) is 6.90. The van der Waals surface area contributed by atoms with Gasteiger partial charge in [-0.05, 0) is 6.07 Å². The lowest BCUT2D eigenvalue weighted by molar-refractivity contribution is -0.120. The van der Waals surface area contributed by atoms with Crippen molar-refractivity contribution < 1.29 is 14.3 Å². The second-order valence-electron chi connectivity index (χ2n) is 2.32. The summed E-state index contributed by atoms with van der Waals surface area (Å²) in [5.74, 6) is 0.465. The fourth-order valence-corrected chi connectivity index (χ4v) is 0.968. The summed E-state index contributed by atoms with van der Waals surface area (Å²) < 4.78 is 4.70. The van der Waals surface area contributed by atoms with Crippen molar-refractivity contribution in [2.24, 2.45) is 0 Å². The number of carbonyl (C=O) groups is 2. The second-order valence-corrected chi connectivity index (χ2v) is 2.32. The van der Waals surface area contributed by atoms with Crippen LogP contribution in [0, 0.1) is 0 Å². The monoisotopic (exact) mass is 179 g/mol. The molecule has 0 fully saturated rings. The number of carbonyl (C=O) groups excluding carboxylic acids is 2. The van der Waals surface area contributed by atoms with Gasteiger partial charge in [0.2, 0.25) is 6.41 Å². The van der Waals surface area contributed by atoms with E-state index in [4.69, 9.17) is 4.74 Å². The molecule has 4 nitrogen and oxygen atoms in total. The Morgan fingerprint density at radius 3 is 2.77 bits per heavy atom. The Kier molecular flexibility index (Phi) is 3.50. The molecule has 0 spiro atoms. The number of rotatable bonds is 5. The van der Waals surface area contributed by atoms with Gasteiger partial charge in [-0.25, -0.2) is 0 Å². The molecule has 1 N–H and O–H groups in total. The Bertz CT molecular complexity index is 299. The van der Waals surface area contributed by atoms with Gasteiger partial charge in [0.1, 0.15) is 5.75 Å². The molecule has 0 aliphatic rings. The van der Waals surface area contributed by atoms with Crippen LogP contribution in [0.25, 0.3) is 0 Å². The number of hydrogen-bond donors (Lipinski definition) is 1. The van der Waals surface area contributed by atoms with Crippen molar-refractivity contribution >= 4 is 12.9 Å². The highest BCUT2D eigenvalue weighted by Crippen LogP contribution is 2.16. The maximum absolute atomic E-state index is 10.1. The Morgan fingerprint density at radius 1 is 1.31 bits per heavy atom. The fourth-order valence-electron chi connectivity index (χ4n) is 0.968. The molecule has 0 saturated carbocycles. The number of para-hydroxylation sites is 1. The van der Waals surface area contributed by atoms with E-state index in [2.05, 4.69) is 5.32 Å². The van der Waals surface area contributed by atoms with Gasteiger partial charge in [-0.2, -0.15) is 0 Å². The average molecular weight is 179 g/mol. The molecule has 1 aromatic carbocycles. The van der Waals surface area contributed by atoms with Crippen LogP contribution in [0.5, 0.6) is 5.75 Å². The van der Waals surface area contributed by atoms with E-state index in [0.29, 0.717) is 25.2 Å². The zero-order chi connectivity index (χ0) is 9.52. The second kappa shape index (κ2) is 4.92. The minimum Gasteiger partial charge on any atom is -0.428 e. The van der Waals surface area contributed by atoms with Crippen LogP contribution >= 0.6 is 0 Å². The molecule has 0 heterocycles. The smallest absolute Gasteiger partial charge is 0.298 e. The molecule has 4 heteroatoms. The van der Waals surface area contributed by atoms with Gasteiger partial charge in [0, 0.05) is 12.1 Å². The van der Waals surface area contributed by atoms with Crippen molar-refractivity contribution in [3.8, 4) is 5.75 Å². The number of hydrogen-bond acceptors (Lipinski definition) is 3. The maximum atomic E-state index is 10.1. The maximum Gasteiger partial charge on any atom is 0.298 e. The molecule has 1 amide bonds. The van der Waals surface area contributed by atoms with E-state index >= 15 is 0 Å². The van der Waals surface area contributed by atoms with Gasteiger partial charge < -0.3 is 10.1 Å². The standard InChI is InChI=1S/C9H9NO3/c11-6-10-5-8-3-1-2-4-9(8)13-7-12/h1-4,6-7H,5H2,(H,10,11). The quantitative estimate of drug-likeness (QED) is 0.668. The summed E-state index contributed by atoms with van der Waals surface area (Å²) in [7, 11) is 0. The first kappa shape index (κ1) is 9.25. The van der Waals surface area contributed by atoms with E-state index in [9.17, 15) is 9.59 Å². The summed E-state index contributed by atoms with van der Waals surface area (Å²) in [6.07, 6.45) is 0.595. The van der Waals surface area contributed by atoms with Gasteiger partial charge in [-0.1, -0.05) is 18.2 Å². The molecule has 1 rings (SSSR count). The largest absolute Gasteiger partial charge is 0.428 e. The molecule has 1 aromatic rings. The molecule has 13 heavy (non-hydrogen) atoms. The van der Waals surface area contributed by atoms with Gasteiger partial charge in [0.05, 0.1) is 0 Å². The highest BCUT2D eigenvalue weighted by atomic mass is 16.5. The molecule has 0 aliphatic heterocycles. The van der Waals surface area contributed by atoms with Crippen LogP contribution in [0.3, 0.4) is 0 Å². The van der Waals surface area contributed by atoms with Crippen LogP contribution in [0.2, 0.25) is 0 Å². The number of amides is 1. The molecule has 0 saturated heterocycles. The normalized spacial score (nSPS) is 8.92. The summed E-state index contributed by atoms with van der Waals surface area (Å²) in [6.45, 7) is 0.716. The predicted octanol–water partition coefficient (Wildman–Crippen LogP) is 0.468. The van der Waals surface area contributed by atoms with Crippen LogP contribution in [0.4, 0.5) is 0 Å². The molecular formula is C9H9NO3. The SMILES string of the molecule is O=CNCc1ccccc1OC=O. The van der Waals surface area contributed by atoms with E-state index in [0.717, 1.165) is 5.56 Å². The summed E-state index contributed by atoms with van der Waals surface area (Å²) in [5, 5.41) is 2.49. The predicted molar refractivity (Wildman–Crippen MR) is 46.0 cm³/mol. The third-order valence-corrected chi connectivity index (χ3v) is 1.52. The first-order valence-corrected chi connectivity index (χ1v) is 3.73. The number of benzene rings is 1. The molecule has 68 valence electrons. The van der Waals surface area contributed by atoms with Crippen molar-refractivity contribution in [2.45, 2.75) is 6.54 Å². The molecule has 0 unspecified atom stereocenters. The molecule has 0 aliphatic carbocycles. The van der Waals surface area contributed by atoms with E-state index in [1.807, 2.05) is 0 Å². The van der Waals surface area contributed by atoms with Crippen LogP contribution in [-0.2, 0) is 16.1 Å². The number of nitrogens with one attached hydrogen (secondary N) is 1. The number of ether oxygens (including phenoxy) is 1. The van der Waals surface area contributed by atoms with E-state index in [-0.39, 0.29) is 0 Å². The van der Waals surface area contributed by atoms with Gasteiger partial charge in [0.15, 0.2) is 0 Å². The van der Waals surface area contributed by atoms with E-state index in [1.165, 1.54) is 0 Å². The molecule has 0 atom stereocenters. The third kappa shape index (κ3) is 2.59. The van der Waals surface area contributed by atoms with Crippen molar-refractivity contribution in [2.75, 3.05) is 0 Å². The average Bonchev–Trinajstić information content (AvgIpc) is 2.17. The van der Waals surface area contributed by atoms with Crippen molar-refractivity contribution in [3.05, 3.63) is 29.8 Å². The Balaban J connectivity index is 2.77. The molecule has 0 bridgehead atoms. The Morgan fingerprint density at radius 2 is 2.08 bits per heavy atom. The first-order valence-electron chi connectivity index (χ1n) is 3.73. The van der Waals surface area contributed by atoms with Gasteiger partial charge in [-0.15, -0.1) is 0 Å². The Hall–Kier alpha value is -1.84.